The first-order valence-corrected chi connectivity index (χ1v) is 11.5. The minimum absolute atomic E-state index is 0. The van der Waals surface area contributed by atoms with Gasteiger partial charge in [0.05, 0.1) is 36.6 Å². The molecule has 2 N–H and O–H groups in total. The van der Waals surface area contributed by atoms with Crippen molar-refractivity contribution < 1.29 is 14.6 Å². The molecule has 1 fully saturated rings. The zero-order valence-electron chi connectivity index (χ0n) is 19.1. The normalized spacial score (nSPS) is 14.8. The van der Waals surface area contributed by atoms with Crippen molar-refractivity contribution in [1.29, 1.82) is 0 Å². The molecule has 182 valence electrons. The fraction of sp³-hybridized carbons (Fsp3) is 0.435. The summed E-state index contributed by atoms with van der Waals surface area (Å²) in [7, 11) is 3.37. The van der Waals surface area contributed by atoms with Crippen LogP contribution in [0.15, 0.2) is 35.7 Å². The van der Waals surface area contributed by atoms with Gasteiger partial charge in [-0.3, -0.25) is 10.00 Å². The van der Waals surface area contributed by atoms with Crippen molar-refractivity contribution in [1.82, 2.24) is 15.1 Å². The topological polar surface area (TPSA) is 73.9 Å². The molecule has 1 saturated heterocycles. The van der Waals surface area contributed by atoms with Crippen LogP contribution in [0.4, 0.5) is 5.69 Å². The van der Waals surface area contributed by atoms with Gasteiger partial charge in [-0.05, 0) is 36.9 Å². The van der Waals surface area contributed by atoms with E-state index in [9.17, 15) is 5.11 Å². The Bertz CT molecular complexity index is 990. The van der Waals surface area contributed by atoms with Crippen LogP contribution in [0.5, 0.6) is 11.5 Å². The molecule has 0 bridgehead atoms. The van der Waals surface area contributed by atoms with Gasteiger partial charge in [-0.2, -0.15) is 5.10 Å². The quantitative estimate of drug-likeness (QED) is 0.463. The number of hydrogen-bond donors (Lipinski definition) is 2. The SMILES string of the molecule is COc1ccc(N2CCN(CCc3c(-c4cccs4)n[nH]c3C(C)O)CC2)c(OC)c1.Cl.Cl. The maximum atomic E-state index is 10.2. The fourth-order valence-electron chi connectivity index (χ4n) is 4.12. The molecule has 7 nitrogen and oxygen atoms in total. The van der Waals surface area contributed by atoms with Crippen LogP contribution in [-0.4, -0.2) is 67.1 Å². The summed E-state index contributed by atoms with van der Waals surface area (Å²) in [4.78, 5) is 5.98. The standard InChI is InChI=1S/C23H30N4O3S.2ClH/c1-16(28)22-18(23(25-24-22)21-5-4-14-31-21)8-9-26-10-12-27(13-11-26)19-7-6-17(29-2)15-20(19)30-3;;/h4-7,14-16,28H,8-13H2,1-3H3,(H,24,25);2*1H. The number of aromatic amines is 1. The van der Waals surface area contributed by atoms with Gasteiger partial charge in [-0.25, -0.2) is 0 Å². The maximum absolute atomic E-state index is 10.2. The number of ether oxygens (including phenoxy) is 2. The lowest BCUT2D eigenvalue weighted by atomic mass is 10.0. The van der Waals surface area contributed by atoms with Crippen molar-refractivity contribution in [3.63, 3.8) is 0 Å². The van der Waals surface area contributed by atoms with Gasteiger partial charge in [-0.15, -0.1) is 36.2 Å². The number of methoxy groups -OCH3 is 2. The van der Waals surface area contributed by atoms with E-state index in [1.165, 1.54) is 0 Å². The van der Waals surface area contributed by atoms with Crippen LogP contribution in [-0.2, 0) is 6.42 Å². The van der Waals surface area contributed by atoms with Crippen LogP contribution in [0.2, 0.25) is 0 Å². The predicted molar refractivity (Wildman–Crippen MR) is 139 cm³/mol. The molecule has 0 saturated carbocycles. The van der Waals surface area contributed by atoms with Gasteiger partial charge in [0, 0.05) is 44.4 Å². The molecule has 1 aliphatic rings. The highest BCUT2D eigenvalue weighted by molar-refractivity contribution is 7.13. The number of benzene rings is 1. The number of halogens is 2. The number of anilines is 1. The molecule has 0 spiro atoms. The Balaban J connectivity index is 0.00000193. The van der Waals surface area contributed by atoms with E-state index in [2.05, 4.69) is 37.5 Å². The summed E-state index contributed by atoms with van der Waals surface area (Å²) >= 11 is 1.68. The molecule has 0 radical (unpaired) electrons. The van der Waals surface area contributed by atoms with Crippen molar-refractivity contribution in [2.75, 3.05) is 51.8 Å². The Hall–Kier alpha value is -1.97. The van der Waals surface area contributed by atoms with E-state index in [1.807, 2.05) is 18.2 Å². The number of rotatable bonds is 8. The zero-order chi connectivity index (χ0) is 21.8. The van der Waals surface area contributed by atoms with Crippen LogP contribution >= 0.6 is 36.2 Å². The molecule has 33 heavy (non-hydrogen) atoms. The average Bonchev–Trinajstić information content (AvgIpc) is 3.47. The third kappa shape index (κ3) is 6.13. The lowest BCUT2D eigenvalue weighted by molar-refractivity contribution is 0.192. The first kappa shape index (κ1) is 27.3. The second-order valence-electron chi connectivity index (χ2n) is 7.73. The predicted octanol–water partition coefficient (Wildman–Crippen LogP) is 4.42. The molecule has 0 aliphatic carbocycles. The second-order valence-corrected chi connectivity index (χ2v) is 8.68. The minimum atomic E-state index is -0.560. The number of aromatic nitrogens is 2. The molecule has 1 atom stereocenters. The highest BCUT2D eigenvalue weighted by Crippen LogP contribution is 2.33. The largest absolute Gasteiger partial charge is 0.497 e. The molecule has 10 heteroatoms. The molecule has 1 aliphatic heterocycles. The Kier molecular flexibility index (Phi) is 10.3. The third-order valence-electron chi connectivity index (χ3n) is 5.85. The van der Waals surface area contributed by atoms with E-state index < -0.39 is 6.10 Å². The molecule has 1 unspecified atom stereocenters. The number of aliphatic hydroxyl groups is 1. The molecule has 1 aromatic carbocycles. The monoisotopic (exact) mass is 514 g/mol. The van der Waals surface area contributed by atoms with E-state index in [-0.39, 0.29) is 24.8 Å². The summed E-state index contributed by atoms with van der Waals surface area (Å²) in [6, 6.07) is 10.1. The van der Waals surface area contributed by atoms with Crippen molar-refractivity contribution in [3.8, 4) is 22.1 Å². The van der Waals surface area contributed by atoms with Gasteiger partial charge in [0.15, 0.2) is 0 Å². The van der Waals surface area contributed by atoms with Gasteiger partial charge >= 0.3 is 0 Å². The average molecular weight is 516 g/mol. The summed E-state index contributed by atoms with van der Waals surface area (Å²) in [5.41, 5.74) is 4.02. The van der Waals surface area contributed by atoms with Crippen LogP contribution in [0.25, 0.3) is 10.6 Å². The summed E-state index contributed by atoms with van der Waals surface area (Å²) in [6.45, 7) is 6.56. The summed E-state index contributed by atoms with van der Waals surface area (Å²) in [5.74, 6) is 1.64. The Labute approximate surface area is 211 Å². The van der Waals surface area contributed by atoms with Crippen LogP contribution < -0.4 is 14.4 Å². The molecule has 4 rings (SSSR count). The highest BCUT2D eigenvalue weighted by Gasteiger charge is 2.23. The van der Waals surface area contributed by atoms with Gasteiger partial charge in [-0.1, -0.05) is 6.07 Å². The number of thiophene rings is 1. The lowest BCUT2D eigenvalue weighted by Gasteiger charge is -2.36. The molecule has 2 aromatic heterocycles. The van der Waals surface area contributed by atoms with Gasteiger partial charge in [0.25, 0.3) is 0 Å². The number of hydrogen-bond acceptors (Lipinski definition) is 7. The van der Waals surface area contributed by atoms with Crippen LogP contribution in [0.3, 0.4) is 0 Å². The maximum Gasteiger partial charge on any atom is 0.145 e. The first-order chi connectivity index (χ1) is 15.1. The van der Waals surface area contributed by atoms with Gasteiger partial charge in [0.1, 0.15) is 17.2 Å². The lowest BCUT2D eigenvalue weighted by Crippen LogP contribution is -2.47. The van der Waals surface area contributed by atoms with Crippen molar-refractivity contribution in [2.45, 2.75) is 19.4 Å². The highest BCUT2D eigenvalue weighted by atomic mass is 35.5. The molecule has 0 amide bonds. The summed E-state index contributed by atoms with van der Waals surface area (Å²) < 4.78 is 10.9. The van der Waals surface area contributed by atoms with E-state index in [0.29, 0.717) is 0 Å². The summed E-state index contributed by atoms with van der Waals surface area (Å²) in [6.07, 6.45) is 0.297. The number of H-pyrrole nitrogens is 1. The van der Waals surface area contributed by atoms with E-state index in [1.54, 1.807) is 32.5 Å². The van der Waals surface area contributed by atoms with E-state index in [4.69, 9.17) is 9.47 Å². The number of aliphatic hydroxyl groups excluding tert-OH is 1. The first-order valence-electron chi connectivity index (χ1n) is 10.6. The Morgan fingerprint density at radius 1 is 1.12 bits per heavy atom. The molecule has 3 aromatic rings. The van der Waals surface area contributed by atoms with Crippen molar-refractivity contribution >= 4 is 41.8 Å². The number of piperazine rings is 1. The van der Waals surface area contributed by atoms with E-state index in [0.717, 1.165) is 78.2 Å². The van der Waals surface area contributed by atoms with Crippen molar-refractivity contribution in [3.05, 3.63) is 47.0 Å². The smallest absolute Gasteiger partial charge is 0.145 e. The Morgan fingerprint density at radius 3 is 2.48 bits per heavy atom. The molecular weight excluding hydrogens is 483 g/mol. The van der Waals surface area contributed by atoms with E-state index >= 15 is 0 Å². The van der Waals surface area contributed by atoms with Gasteiger partial charge < -0.3 is 19.5 Å². The van der Waals surface area contributed by atoms with Crippen LogP contribution in [0.1, 0.15) is 24.3 Å². The zero-order valence-corrected chi connectivity index (χ0v) is 21.6. The Morgan fingerprint density at radius 2 is 1.88 bits per heavy atom. The van der Waals surface area contributed by atoms with Gasteiger partial charge in [0.2, 0.25) is 0 Å². The van der Waals surface area contributed by atoms with Crippen LogP contribution in [0, 0.1) is 0 Å². The minimum Gasteiger partial charge on any atom is -0.497 e. The third-order valence-corrected chi connectivity index (χ3v) is 6.73. The summed E-state index contributed by atoms with van der Waals surface area (Å²) in [5, 5.41) is 19.8. The molecule has 3 heterocycles. The molecular formula is C23H32Cl2N4O3S. The second kappa shape index (κ2) is 12.5. The fourth-order valence-corrected chi connectivity index (χ4v) is 4.86. The van der Waals surface area contributed by atoms with Crippen molar-refractivity contribution in [2.24, 2.45) is 0 Å². The number of nitrogens with one attached hydrogen (secondary N) is 1. The number of nitrogens with zero attached hydrogens (tertiary/aromatic N) is 3.